The first kappa shape index (κ1) is 14.6. The number of nitrogens with two attached hydrogens (primary N) is 1. The van der Waals surface area contributed by atoms with E-state index in [0.717, 1.165) is 11.3 Å². The van der Waals surface area contributed by atoms with Crippen LogP contribution in [0.2, 0.25) is 0 Å². The van der Waals surface area contributed by atoms with Crippen molar-refractivity contribution in [3.63, 3.8) is 0 Å². The first-order valence-electron chi connectivity index (χ1n) is 6.44. The van der Waals surface area contributed by atoms with Gasteiger partial charge in [-0.2, -0.15) is 0 Å². The molecule has 0 aliphatic carbocycles. The summed E-state index contributed by atoms with van der Waals surface area (Å²) in [7, 11) is 0. The van der Waals surface area contributed by atoms with Crippen LogP contribution in [-0.4, -0.2) is 11.8 Å². The third kappa shape index (κ3) is 4.35. The summed E-state index contributed by atoms with van der Waals surface area (Å²) in [6, 6.07) is 14.0. The summed E-state index contributed by atoms with van der Waals surface area (Å²) in [6.45, 7) is 1.85. The third-order valence-electron chi connectivity index (χ3n) is 2.82. The van der Waals surface area contributed by atoms with Crippen molar-refractivity contribution in [1.29, 1.82) is 0 Å². The van der Waals surface area contributed by atoms with Crippen molar-refractivity contribution < 1.29 is 14.3 Å². The highest BCUT2D eigenvalue weighted by Crippen LogP contribution is 2.17. The minimum atomic E-state index is -0.448. The van der Waals surface area contributed by atoms with Gasteiger partial charge >= 0.3 is 0 Å². The Hall–Kier alpha value is -2.82. The number of ether oxygens (including phenoxy) is 1. The van der Waals surface area contributed by atoms with Gasteiger partial charge in [-0.15, -0.1) is 0 Å². The number of hydrogen-bond donors (Lipinski definition) is 2. The van der Waals surface area contributed by atoms with Crippen LogP contribution < -0.4 is 15.8 Å². The largest absolute Gasteiger partial charge is 0.489 e. The monoisotopic (exact) mass is 284 g/mol. The first-order chi connectivity index (χ1) is 10.0. The Labute approximate surface area is 122 Å². The molecule has 5 heteroatoms. The van der Waals surface area contributed by atoms with Crippen LogP contribution in [-0.2, 0) is 11.4 Å². The van der Waals surface area contributed by atoms with E-state index < -0.39 is 5.91 Å². The molecule has 0 unspecified atom stereocenters. The van der Waals surface area contributed by atoms with Crippen LogP contribution in [0.3, 0.4) is 0 Å². The van der Waals surface area contributed by atoms with Gasteiger partial charge in [0.15, 0.2) is 0 Å². The number of nitrogens with one attached hydrogen (secondary N) is 1. The maximum atomic E-state index is 11.0. The van der Waals surface area contributed by atoms with Crippen molar-refractivity contribution in [2.24, 2.45) is 5.73 Å². The fourth-order valence-electron chi connectivity index (χ4n) is 1.77. The molecule has 2 amide bonds. The molecule has 21 heavy (non-hydrogen) atoms. The maximum absolute atomic E-state index is 11.0. The molecule has 0 saturated heterocycles. The molecular formula is C16H16N2O3. The van der Waals surface area contributed by atoms with E-state index in [1.54, 1.807) is 48.5 Å². The number of carbonyl (C=O) groups excluding carboxylic acids is 2. The number of hydrogen-bond acceptors (Lipinski definition) is 3. The SMILES string of the molecule is CC(=O)Nc1ccc(OCc2ccc(C(N)=O)cc2)cc1. The van der Waals surface area contributed by atoms with Gasteiger partial charge < -0.3 is 15.8 Å². The molecule has 5 nitrogen and oxygen atoms in total. The van der Waals surface area contributed by atoms with E-state index in [4.69, 9.17) is 10.5 Å². The quantitative estimate of drug-likeness (QED) is 0.884. The van der Waals surface area contributed by atoms with E-state index in [2.05, 4.69) is 5.32 Å². The second-order valence-corrected chi connectivity index (χ2v) is 4.56. The van der Waals surface area contributed by atoms with E-state index in [9.17, 15) is 9.59 Å². The van der Waals surface area contributed by atoms with Crippen LogP contribution in [0.4, 0.5) is 5.69 Å². The lowest BCUT2D eigenvalue weighted by Crippen LogP contribution is -2.10. The third-order valence-corrected chi connectivity index (χ3v) is 2.82. The highest BCUT2D eigenvalue weighted by atomic mass is 16.5. The van der Waals surface area contributed by atoms with Gasteiger partial charge in [0.2, 0.25) is 11.8 Å². The number of amides is 2. The Morgan fingerprint density at radius 2 is 1.67 bits per heavy atom. The molecule has 0 aromatic heterocycles. The zero-order valence-electron chi connectivity index (χ0n) is 11.6. The molecule has 0 radical (unpaired) electrons. The zero-order valence-corrected chi connectivity index (χ0v) is 11.6. The van der Waals surface area contributed by atoms with Crippen LogP contribution in [0, 0.1) is 0 Å². The minimum Gasteiger partial charge on any atom is -0.489 e. The highest BCUT2D eigenvalue weighted by molar-refractivity contribution is 5.92. The summed E-state index contributed by atoms with van der Waals surface area (Å²) in [4.78, 5) is 21.9. The molecule has 0 fully saturated rings. The Morgan fingerprint density at radius 1 is 1.05 bits per heavy atom. The molecule has 0 bridgehead atoms. The normalized spacial score (nSPS) is 9.95. The molecule has 108 valence electrons. The van der Waals surface area contributed by atoms with Crippen molar-refractivity contribution >= 4 is 17.5 Å². The number of anilines is 1. The summed E-state index contributed by atoms with van der Waals surface area (Å²) in [5.41, 5.74) is 7.31. The summed E-state index contributed by atoms with van der Waals surface area (Å²) in [6.07, 6.45) is 0. The fourth-order valence-corrected chi connectivity index (χ4v) is 1.77. The lowest BCUT2D eigenvalue weighted by atomic mass is 10.1. The van der Waals surface area contributed by atoms with Gasteiger partial charge in [-0.25, -0.2) is 0 Å². The van der Waals surface area contributed by atoms with Crippen LogP contribution in [0.1, 0.15) is 22.8 Å². The Balaban J connectivity index is 1.93. The van der Waals surface area contributed by atoms with Crippen LogP contribution in [0.5, 0.6) is 5.75 Å². The van der Waals surface area contributed by atoms with Crippen molar-refractivity contribution in [2.75, 3.05) is 5.32 Å². The van der Waals surface area contributed by atoms with Gasteiger partial charge in [-0.3, -0.25) is 9.59 Å². The number of carbonyl (C=O) groups is 2. The standard InChI is InChI=1S/C16H16N2O3/c1-11(19)18-14-6-8-15(9-7-14)21-10-12-2-4-13(5-3-12)16(17)20/h2-9H,10H2,1H3,(H2,17,20)(H,18,19). The average Bonchev–Trinajstić information content (AvgIpc) is 2.46. The maximum Gasteiger partial charge on any atom is 0.248 e. The van der Waals surface area contributed by atoms with Gasteiger partial charge in [-0.1, -0.05) is 12.1 Å². The fraction of sp³-hybridized carbons (Fsp3) is 0.125. The lowest BCUT2D eigenvalue weighted by Gasteiger charge is -2.08. The molecule has 0 heterocycles. The highest BCUT2D eigenvalue weighted by Gasteiger charge is 2.01. The van der Waals surface area contributed by atoms with Gasteiger partial charge in [0.1, 0.15) is 12.4 Å². The lowest BCUT2D eigenvalue weighted by molar-refractivity contribution is -0.114. The Bertz CT molecular complexity index is 634. The van der Waals surface area contributed by atoms with Crippen LogP contribution in [0.15, 0.2) is 48.5 Å². The van der Waals surface area contributed by atoms with Crippen molar-refractivity contribution in [3.05, 3.63) is 59.7 Å². The number of primary amides is 1. The van der Waals surface area contributed by atoms with Gasteiger partial charge in [0.05, 0.1) is 0 Å². The van der Waals surface area contributed by atoms with E-state index >= 15 is 0 Å². The average molecular weight is 284 g/mol. The molecule has 2 rings (SSSR count). The first-order valence-corrected chi connectivity index (χ1v) is 6.44. The molecular weight excluding hydrogens is 268 g/mol. The molecule has 0 saturated carbocycles. The Kier molecular flexibility index (Phi) is 4.56. The van der Waals surface area contributed by atoms with E-state index in [-0.39, 0.29) is 5.91 Å². The summed E-state index contributed by atoms with van der Waals surface area (Å²) < 4.78 is 5.62. The smallest absolute Gasteiger partial charge is 0.248 e. The van der Waals surface area contributed by atoms with Gasteiger partial charge in [0, 0.05) is 18.2 Å². The topological polar surface area (TPSA) is 81.4 Å². The van der Waals surface area contributed by atoms with E-state index in [1.807, 2.05) is 0 Å². The molecule has 3 N–H and O–H groups in total. The molecule has 2 aromatic rings. The molecule has 0 spiro atoms. The van der Waals surface area contributed by atoms with Crippen molar-refractivity contribution in [1.82, 2.24) is 0 Å². The predicted octanol–water partition coefficient (Wildman–Crippen LogP) is 2.32. The van der Waals surface area contributed by atoms with Crippen LogP contribution in [0.25, 0.3) is 0 Å². The van der Waals surface area contributed by atoms with E-state index in [0.29, 0.717) is 17.9 Å². The van der Waals surface area contributed by atoms with Crippen LogP contribution >= 0.6 is 0 Å². The molecule has 2 aromatic carbocycles. The second-order valence-electron chi connectivity index (χ2n) is 4.56. The summed E-state index contributed by atoms with van der Waals surface area (Å²) in [5, 5.41) is 2.68. The summed E-state index contributed by atoms with van der Waals surface area (Å²) >= 11 is 0. The Morgan fingerprint density at radius 3 is 2.19 bits per heavy atom. The molecule has 0 aliphatic rings. The van der Waals surface area contributed by atoms with Gasteiger partial charge in [0.25, 0.3) is 0 Å². The van der Waals surface area contributed by atoms with Gasteiger partial charge in [-0.05, 0) is 42.0 Å². The molecule has 0 aliphatic heterocycles. The zero-order chi connectivity index (χ0) is 15.2. The second kappa shape index (κ2) is 6.56. The predicted molar refractivity (Wildman–Crippen MR) is 80.0 cm³/mol. The van der Waals surface area contributed by atoms with Crippen molar-refractivity contribution in [2.45, 2.75) is 13.5 Å². The number of benzene rings is 2. The molecule has 0 atom stereocenters. The summed E-state index contributed by atoms with van der Waals surface area (Å²) in [5.74, 6) is 0.136. The number of rotatable bonds is 5. The van der Waals surface area contributed by atoms with E-state index in [1.165, 1.54) is 6.92 Å². The minimum absolute atomic E-state index is 0.113. The van der Waals surface area contributed by atoms with Crippen molar-refractivity contribution in [3.8, 4) is 5.75 Å².